The summed E-state index contributed by atoms with van der Waals surface area (Å²) >= 11 is 2.30. The molecule has 19 heavy (non-hydrogen) atoms. The second-order valence-electron chi connectivity index (χ2n) is 3.84. The third-order valence-corrected chi connectivity index (χ3v) is 4.46. The summed E-state index contributed by atoms with van der Waals surface area (Å²) in [5.74, 6) is 0. The van der Waals surface area contributed by atoms with Crippen LogP contribution in [-0.4, -0.2) is 10.1 Å². The van der Waals surface area contributed by atoms with Gasteiger partial charge < -0.3 is 5.11 Å². The number of aryl methyl sites for hydroxylation is 1. The zero-order chi connectivity index (χ0) is 14.0. The molecule has 2 aromatic rings. The summed E-state index contributed by atoms with van der Waals surface area (Å²) in [6.07, 6.45) is -4.44. The van der Waals surface area contributed by atoms with Crippen LogP contribution in [-0.2, 0) is 12.8 Å². The van der Waals surface area contributed by atoms with Crippen LogP contribution >= 0.6 is 23.1 Å². The lowest BCUT2D eigenvalue weighted by molar-refractivity contribution is -0.139. The summed E-state index contributed by atoms with van der Waals surface area (Å²) in [5.41, 5.74) is 0.289. The van der Waals surface area contributed by atoms with E-state index in [4.69, 9.17) is 5.11 Å². The van der Waals surface area contributed by atoms with Crippen LogP contribution in [0.3, 0.4) is 0 Å². The van der Waals surface area contributed by atoms with Crippen LogP contribution in [0.4, 0.5) is 13.2 Å². The molecular weight excluding hydrogens is 295 g/mol. The molecule has 1 aromatic carbocycles. The number of nitrogens with zero attached hydrogens (tertiary/aromatic N) is 1. The van der Waals surface area contributed by atoms with E-state index in [0.29, 0.717) is 4.34 Å². The molecule has 0 saturated heterocycles. The number of alkyl halides is 3. The number of aliphatic hydroxyl groups is 1. The van der Waals surface area contributed by atoms with Crippen molar-refractivity contribution >= 4 is 23.1 Å². The van der Waals surface area contributed by atoms with Crippen molar-refractivity contribution in [2.24, 2.45) is 0 Å². The molecule has 2 nitrogen and oxygen atoms in total. The Hall–Kier alpha value is -1.05. The van der Waals surface area contributed by atoms with Crippen LogP contribution in [0.25, 0.3) is 0 Å². The predicted molar refractivity (Wildman–Crippen MR) is 68.3 cm³/mol. The van der Waals surface area contributed by atoms with E-state index in [-0.39, 0.29) is 10.5 Å². The van der Waals surface area contributed by atoms with Gasteiger partial charge in [0.1, 0.15) is 0 Å². The van der Waals surface area contributed by atoms with Gasteiger partial charge in [-0.05, 0) is 24.6 Å². The van der Waals surface area contributed by atoms with Gasteiger partial charge in [0.25, 0.3) is 0 Å². The highest BCUT2D eigenvalue weighted by molar-refractivity contribution is 8.01. The maximum absolute atomic E-state index is 13.0. The van der Waals surface area contributed by atoms with E-state index in [1.165, 1.54) is 23.5 Å². The highest BCUT2D eigenvalue weighted by Crippen LogP contribution is 2.40. The summed E-state index contributed by atoms with van der Waals surface area (Å²) < 4.78 is 39.5. The van der Waals surface area contributed by atoms with E-state index in [9.17, 15) is 13.2 Å². The number of halogens is 3. The fourth-order valence-corrected chi connectivity index (χ4v) is 3.38. The Morgan fingerprint density at radius 2 is 2.11 bits per heavy atom. The molecule has 102 valence electrons. The van der Waals surface area contributed by atoms with Crippen molar-refractivity contribution < 1.29 is 18.3 Å². The first-order chi connectivity index (χ1) is 8.90. The van der Waals surface area contributed by atoms with Crippen LogP contribution < -0.4 is 0 Å². The highest BCUT2D eigenvalue weighted by atomic mass is 32.2. The molecule has 0 aliphatic rings. The first-order valence-electron chi connectivity index (χ1n) is 5.31. The minimum atomic E-state index is -4.44. The smallest absolute Gasteiger partial charge is 0.392 e. The molecule has 0 fully saturated rings. The van der Waals surface area contributed by atoms with Crippen molar-refractivity contribution in [3.63, 3.8) is 0 Å². The number of thiazole rings is 1. The second-order valence-corrected chi connectivity index (χ2v) is 5.99. The van der Waals surface area contributed by atoms with E-state index in [2.05, 4.69) is 4.98 Å². The lowest BCUT2D eigenvalue weighted by Crippen LogP contribution is -2.07. The van der Waals surface area contributed by atoms with E-state index < -0.39 is 18.3 Å². The molecule has 0 saturated carbocycles. The van der Waals surface area contributed by atoms with Crippen LogP contribution in [0.1, 0.15) is 16.8 Å². The summed E-state index contributed by atoms with van der Waals surface area (Å²) in [4.78, 5) is 4.23. The number of benzene rings is 1. The first kappa shape index (κ1) is 14.4. The molecule has 0 spiro atoms. The fourth-order valence-electron chi connectivity index (χ4n) is 1.46. The zero-order valence-electron chi connectivity index (χ0n) is 9.86. The molecule has 1 N–H and O–H groups in total. The van der Waals surface area contributed by atoms with Crippen LogP contribution in [0.15, 0.2) is 32.8 Å². The van der Waals surface area contributed by atoms with Crippen molar-refractivity contribution in [3.8, 4) is 0 Å². The van der Waals surface area contributed by atoms with E-state index >= 15 is 0 Å². The molecule has 7 heteroatoms. The molecule has 0 aliphatic carbocycles. The lowest BCUT2D eigenvalue weighted by Gasteiger charge is -2.12. The Labute approximate surface area is 116 Å². The molecule has 0 atom stereocenters. The maximum Gasteiger partial charge on any atom is 0.417 e. The van der Waals surface area contributed by atoms with Gasteiger partial charge >= 0.3 is 6.18 Å². The normalized spacial score (nSPS) is 11.8. The Bertz CT molecular complexity index is 581. The average Bonchev–Trinajstić information content (AvgIpc) is 2.74. The maximum atomic E-state index is 13.0. The van der Waals surface area contributed by atoms with Gasteiger partial charge in [-0.3, -0.25) is 0 Å². The second kappa shape index (κ2) is 5.52. The molecule has 1 aromatic heterocycles. The molecule has 0 amide bonds. The largest absolute Gasteiger partial charge is 0.417 e. The SMILES string of the molecule is Cc1csc(Sc2ccc(CO)cc2C(F)(F)F)n1. The lowest BCUT2D eigenvalue weighted by atomic mass is 10.1. The highest BCUT2D eigenvalue weighted by Gasteiger charge is 2.34. The van der Waals surface area contributed by atoms with Crippen molar-refractivity contribution in [3.05, 3.63) is 40.4 Å². The van der Waals surface area contributed by atoms with Gasteiger partial charge in [-0.1, -0.05) is 17.8 Å². The summed E-state index contributed by atoms with van der Waals surface area (Å²) in [6, 6.07) is 3.83. The van der Waals surface area contributed by atoms with Gasteiger partial charge in [0, 0.05) is 16.0 Å². The van der Waals surface area contributed by atoms with E-state index in [1.54, 1.807) is 12.3 Å². The third kappa shape index (κ3) is 3.49. The van der Waals surface area contributed by atoms with Crippen molar-refractivity contribution in [1.29, 1.82) is 0 Å². The van der Waals surface area contributed by atoms with Crippen LogP contribution in [0, 0.1) is 6.92 Å². The number of hydrogen-bond acceptors (Lipinski definition) is 4. The van der Waals surface area contributed by atoms with Crippen LogP contribution in [0.5, 0.6) is 0 Å². The van der Waals surface area contributed by atoms with Crippen molar-refractivity contribution in [2.45, 2.75) is 28.9 Å². The molecule has 0 aliphatic heterocycles. The third-order valence-electron chi connectivity index (χ3n) is 2.33. The summed E-state index contributed by atoms with van der Waals surface area (Å²) in [7, 11) is 0. The standard InChI is InChI=1S/C12H10F3NOS2/c1-7-6-18-11(16-7)19-10-3-2-8(5-17)4-9(10)12(13,14)15/h2-4,6,17H,5H2,1H3. The monoisotopic (exact) mass is 305 g/mol. The van der Waals surface area contributed by atoms with Gasteiger partial charge in [0.2, 0.25) is 0 Å². The number of aliphatic hydroxyl groups excluding tert-OH is 1. The zero-order valence-corrected chi connectivity index (χ0v) is 11.5. The number of aromatic nitrogens is 1. The summed E-state index contributed by atoms with van der Waals surface area (Å²) in [6.45, 7) is 1.38. The number of rotatable bonds is 3. The topological polar surface area (TPSA) is 33.1 Å². The molecule has 0 bridgehead atoms. The molecule has 0 radical (unpaired) electrons. The minimum absolute atomic E-state index is 0.0963. The Morgan fingerprint density at radius 1 is 1.37 bits per heavy atom. The van der Waals surface area contributed by atoms with Gasteiger partial charge in [-0.15, -0.1) is 11.3 Å². The number of hydrogen-bond donors (Lipinski definition) is 1. The Morgan fingerprint density at radius 3 is 2.63 bits per heavy atom. The van der Waals surface area contributed by atoms with Crippen molar-refractivity contribution in [1.82, 2.24) is 4.98 Å². The molecular formula is C12H10F3NOS2. The Balaban J connectivity index is 2.39. The molecule has 2 rings (SSSR count). The van der Waals surface area contributed by atoms with Gasteiger partial charge in [-0.25, -0.2) is 4.98 Å². The first-order valence-corrected chi connectivity index (χ1v) is 7.00. The predicted octanol–water partition coefficient (Wildman–Crippen LogP) is 4.11. The molecule has 0 unspecified atom stereocenters. The van der Waals surface area contributed by atoms with Gasteiger partial charge in [0.05, 0.1) is 12.2 Å². The van der Waals surface area contributed by atoms with Gasteiger partial charge in [0.15, 0.2) is 4.34 Å². The van der Waals surface area contributed by atoms with Crippen LogP contribution in [0.2, 0.25) is 0 Å². The van der Waals surface area contributed by atoms with E-state index in [0.717, 1.165) is 23.5 Å². The fraction of sp³-hybridized carbons (Fsp3) is 0.250. The minimum Gasteiger partial charge on any atom is -0.392 e. The summed E-state index contributed by atoms with van der Waals surface area (Å²) in [5, 5.41) is 10.7. The van der Waals surface area contributed by atoms with Gasteiger partial charge in [-0.2, -0.15) is 13.2 Å². The quantitative estimate of drug-likeness (QED) is 0.926. The Kier molecular flexibility index (Phi) is 4.17. The molecule has 1 heterocycles. The average molecular weight is 305 g/mol. The van der Waals surface area contributed by atoms with Crippen molar-refractivity contribution in [2.75, 3.05) is 0 Å². The van der Waals surface area contributed by atoms with E-state index in [1.807, 2.05) is 0 Å².